The Bertz CT molecular complexity index is 889. The van der Waals surface area contributed by atoms with Crippen molar-refractivity contribution in [2.45, 2.75) is 31.4 Å². The van der Waals surface area contributed by atoms with E-state index in [0.29, 0.717) is 44.3 Å². The minimum Gasteiger partial charge on any atom is -0.491 e. The summed E-state index contributed by atoms with van der Waals surface area (Å²) in [5.41, 5.74) is 1.16. The van der Waals surface area contributed by atoms with Crippen LogP contribution in [0.1, 0.15) is 29.3 Å². The van der Waals surface area contributed by atoms with Crippen molar-refractivity contribution in [2.24, 2.45) is 0 Å². The molecule has 3 rings (SSSR count). The Balaban J connectivity index is 1.69. The second kappa shape index (κ2) is 13.1. The van der Waals surface area contributed by atoms with Gasteiger partial charge in [-0.2, -0.15) is 0 Å². The first kappa shape index (κ1) is 25.7. The lowest BCUT2D eigenvalue weighted by atomic mass is 10.0. The molecule has 0 fully saturated rings. The number of thiophene rings is 1. The molecule has 2 aromatic rings. The highest BCUT2D eigenvalue weighted by molar-refractivity contribution is 7.10. The fraction of sp³-hybridized carbons (Fsp3) is 0.480. The molecule has 0 radical (unpaired) electrons. The van der Waals surface area contributed by atoms with Gasteiger partial charge >= 0.3 is 0 Å². The maximum Gasteiger partial charge on any atom is 0.237 e. The fourth-order valence-electron chi connectivity index (χ4n) is 4.02. The van der Waals surface area contributed by atoms with Crippen LogP contribution < -0.4 is 4.74 Å². The fourth-order valence-corrected chi connectivity index (χ4v) is 5.07. The van der Waals surface area contributed by atoms with Crippen molar-refractivity contribution in [2.75, 3.05) is 46.5 Å². The monoisotopic (exact) mass is 492 g/mol. The molecule has 0 spiro atoms. The van der Waals surface area contributed by atoms with E-state index in [1.807, 2.05) is 21.9 Å². The van der Waals surface area contributed by atoms with Crippen molar-refractivity contribution in [3.8, 4) is 5.75 Å². The number of halogens is 1. The number of amides is 1. The van der Waals surface area contributed by atoms with Crippen LogP contribution in [0.25, 0.3) is 0 Å². The Morgan fingerprint density at radius 1 is 1.39 bits per heavy atom. The lowest BCUT2D eigenvalue weighted by Gasteiger charge is -2.37. The molecule has 0 saturated heterocycles. The Hall–Kier alpha value is -1.90. The second-order valence-electron chi connectivity index (χ2n) is 8.16. The summed E-state index contributed by atoms with van der Waals surface area (Å²) in [6.07, 6.45) is 3.49. The Labute approximate surface area is 205 Å². The lowest BCUT2D eigenvalue weighted by Crippen LogP contribution is -2.48. The SMILES string of the molecule is C=CCC[C@@H](O)CN(CCOC)CC(=O)N1CCc2sccc2[C@H]1COc1ccc(Cl)cc1. The molecule has 180 valence electrons. The number of rotatable bonds is 13. The molecule has 0 bridgehead atoms. The first-order valence-electron chi connectivity index (χ1n) is 11.3. The second-order valence-corrected chi connectivity index (χ2v) is 9.60. The molecule has 1 aromatic carbocycles. The van der Waals surface area contributed by atoms with Gasteiger partial charge in [-0.05, 0) is 60.5 Å². The van der Waals surface area contributed by atoms with Crippen molar-refractivity contribution in [1.82, 2.24) is 9.80 Å². The van der Waals surface area contributed by atoms with Gasteiger partial charge in [0.05, 0.1) is 25.3 Å². The van der Waals surface area contributed by atoms with E-state index in [-0.39, 0.29) is 18.5 Å². The predicted octanol–water partition coefficient (Wildman–Crippen LogP) is 4.18. The molecule has 1 aromatic heterocycles. The van der Waals surface area contributed by atoms with Gasteiger partial charge in [-0.3, -0.25) is 9.69 Å². The zero-order valence-corrected chi connectivity index (χ0v) is 20.7. The van der Waals surface area contributed by atoms with Crippen molar-refractivity contribution in [1.29, 1.82) is 0 Å². The molecule has 0 saturated carbocycles. The van der Waals surface area contributed by atoms with Crippen molar-refractivity contribution < 1.29 is 19.4 Å². The van der Waals surface area contributed by atoms with Crippen LogP contribution in [0.2, 0.25) is 5.02 Å². The molecule has 33 heavy (non-hydrogen) atoms. The summed E-state index contributed by atoms with van der Waals surface area (Å²) in [6.45, 7) is 6.47. The van der Waals surface area contributed by atoms with Crippen LogP contribution in [-0.2, 0) is 16.0 Å². The highest BCUT2D eigenvalue weighted by atomic mass is 35.5. The van der Waals surface area contributed by atoms with Crippen molar-refractivity contribution in [3.63, 3.8) is 0 Å². The van der Waals surface area contributed by atoms with Gasteiger partial charge in [0.1, 0.15) is 12.4 Å². The molecule has 1 aliphatic rings. The normalized spacial score (nSPS) is 16.5. The predicted molar refractivity (Wildman–Crippen MR) is 133 cm³/mol. The summed E-state index contributed by atoms with van der Waals surface area (Å²) in [7, 11) is 1.64. The highest BCUT2D eigenvalue weighted by Gasteiger charge is 2.33. The number of hydrogen-bond acceptors (Lipinski definition) is 6. The van der Waals surface area contributed by atoms with E-state index in [9.17, 15) is 9.90 Å². The maximum absolute atomic E-state index is 13.4. The highest BCUT2D eigenvalue weighted by Crippen LogP contribution is 2.34. The third-order valence-corrected chi connectivity index (χ3v) is 7.03. The molecular formula is C25H33ClN2O4S. The Morgan fingerprint density at radius 2 is 2.18 bits per heavy atom. The zero-order chi connectivity index (χ0) is 23.6. The van der Waals surface area contributed by atoms with Gasteiger partial charge in [0, 0.05) is 36.6 Å². The van der Waals surface area contributed by atoms with Crippen LogP contribution >= 0.6 is 22.9 Å². The number of aliphatic hydroxyl groups is 1. The van der Waals surface area contributed by atoms with Crippen LogP contribution in [0.4, 0.5) is 0 Å². The Kier molecular flexibility index (Phi) is 10.2. The van der Waals surface area contributed by atoms with E-state index in [1.54, 1.807) is 36.7 Å². The number of methoxy groups -OCH3 is 1. The van der Waals surface area contributed by atoms with Crippen LogP contribution in [0, 0.1) is 0 Å². The van der Waals surface area contributed by atoms with E-state index in [2.05, 4.69) is 18.0 Å². The number of ether oxygens (including phenoxy) is 2. The summed E-state index contributed by atoms with van der Waals surface area (Å²) < 4.78 is 11.3. The molecule has 0 aliphatic carbocycles. The van der Waals surface area contributed by atoms with Gasteiger partial charge < -0.3 is 19.5 Å². The van der Waals surface area contributed by atoms with Crippen LogP contribution in [-0.4, -0.2) is 73.4 Å². The smallest absolute Gasteiger partial charge is 0.237 e. The maximum atomic E-state index is 13.4. The standard InChI is InChI=1S/C25H33ClN2O4S/c1-3-4-5-20(29)16-27(13-14-31-2)17-25(30)28-12-10-24-22(11-15-33-24)23(28)18-32-21-8-6-19(26)7-9-21/h3,6-9,11,15,20,23,29H,1,4-5,10,12-14,16-18H2,2H3/t20-,23-/m1/s1. The largest absolute Gasteiger partial charge is 0.491 e. The van der Waals surface area contributed by atoms with Crippen molar-refractivity contribution >= 4 is 28.8 Å². The van der Waals surface area contributed by atoms with Gasteiger partial charge in [0.2, 0.25) is 5.91 Å². The first-order chi connectivity index (χ1) is 16.0. The minimum absolute atomic E-state index is 0.0311. The molecule has 2 atom stereocenters. The number of carbonyl (C=O) groups excluding carboxylic acids is 1. The molecule has 0 unspecified atom stereocenters. The number of nitrogens with zero attached hydrogens (tertiary/aromatic N) is 2. The lowest BCUT2D eigenvalue weighted by molar-refractivity contribution is -0.136. The van der Waals surface area contributed by atoms with E-state index < -0.39 is 6.10 Å². The Morgan fingerprint density at radius 3 is 2.91 bits per heavy atom. The molecule has 8 heteroatoms. The number of hydrogen-bond donors (Lipinski definition) is 1. The summed E-state index contributed by atoms with van der Waals surface area (Å²) in [5.74, 6) is 0.754. The third kappa shape index (κ3) is 7.55. The average Bonchev–Trinajstić information content (AvgIpc) is 3.29. The van der Waals surface area contributed by atoms with Gasteiger partial charge in [0.15, 0.2) is 0 Å². The number of aliphatic hydroxyl groups excluding tert-OH is 1. The molecule has 1 N–H and O–H groups in total. The van der Waals surface area contributed by atoms with E-state index >= 15 is 0 Å². The quantitative estimate of drug-likeness (QED) is 0.425. The number of allylic oxidation sites excluding steroid dienone is 1. The van der Waals surface area contributed by atoms with Crippen LogP contribution in [0.15, 0.2) is 48.4 Å². The van der Waals surface area contributed by atoms with Gasteiger partial charge in [0.25, 0.3) is 0 Å². The number of carbonyl (C=O) groups is 1. The zero-order valence-electron chi connectivity index (χ0n) is 19.1. The number of fused-ring (bicyclic) bond motifs is 1. The van der Waals surface area contributed by atoms with E-state index in [4.69, 9.17) is 21.1 Å². The van der Waals surface area contributed by atoms with Gasteiger partial charge in [-0.15, -0.1) is 17.9 Å². The van der Waals surface area contributed by atoms with Gasteiger partial charge in [-0.1, -0.05) is 17.7 Å². The summed E-state index contributed by atoms with van der Waals surface area (Å²) in [6, 6.07) is 9.20. The van der Waals surface area contributed by atoms with Crippen LogP contribution in [0.5, 0.6) is 5.75 Å². The van der Waals surface area contributed by atoms with Gasteiger partial charge in [-0.25, -0.2) is 0 Å². The molecule has 1 amide bonds. The topological polar surface area (TPSA) is 62.2 Å². The molecule has 6 nitrogen and oxygen atoms in total. The van der Waals surface area contributed by atoms with E-state index in [1.165, 1.54) is 4.88 Å². The molecular weight excluding hydrogens is 460 g/mol. The van der Waals surface area contributed by atoms with E-state index in [0.717, 1.165) is 24.2 Å². The summed E-state index contributed by atoms with van der Waals surface area (Å²) >= 11 is 7.71. The average molecular weight is 493 g/mol. The van der Waals surface area contributed by atoms with Crippen molar-refractivity contribution in [3.05, 3.63) is 63.8 Å². The number of benzene rings is 1. The minimum atomic E-state index is -0.512. The summed E-state index contributed by atoms with van der Waals surface area (Å²) in [4.78, 5) is 18.6. The third-order valence-electron chi connectivity index (χ3n) is 5.78. The first-order valence-corrected chi connectivity index (χ1v) is 12.5. The molecule has 2 heterocycles. The molecule has 1 aliphatic heterocycles. The van der Waals surface area contributed by atoms with Crippen LogP contribution in [0.3, 0.4) is 0 Å². The summed E-state index contributed by atoms with van der Waals surface area (Å²) in [5, 5.41) is 13.1.